The summed E-state index contributed by atoms with van der Waals surface area (Å²) in [5, 5.41) is 10.7. The quantitative estimate of drug-likeness (QED) is 0.790. The van der Waals surface area contributed by atoms with Gasteiger partial charge in [0, 0.05) is 18.5 Å². The zero-order valence-corrected chi connectivity index (χ0v) is 13.7. The number of carbonyl (C=O) groups excluding carboxylic acids is 1. The van der Waals surface area contributed by atoms with Gasteiger partial charge in [-0.2, -0.15) is 16.4 Å². The highest BCUT2D eigenvalue weighted by atomic mass is 32.1. The fourth-order valence-electron chi connectivity index (χ4n) is 2.67. The molecule has 1 aliphatic heterocycles. The van der Waals surface area contributed by atoms with E-state index in [1.165, 1.54) is 24.2 Å². The zero-order valence-electron chi connectivity index (χ0n) is 12.9. The molecular weight excluding hydrogens is 324 g/mol. The second kappa shape index (κ2) is 6.40. The molecule has 1 aliphatic rings. The van der Waals surface area contributed by atoms with Crippen molar-refractivity contribution in [3.63, 3.8) is 0 Å². The molecule has 0 radical (unpaired) electrons. The first kappa shape index (κ1) is 14.8. The number of nitrogens with one attached hydrogen (secondary N) is 1. The minimum atomic E-state index is -0.152. The smallest absolute Gasteiger partial charge is 0.256 e. The van der Waals surface area contributed by atoms with Crippen LogP contribution >= 0.6 is 11.3 Å². The van der Waals surface area contributed by atoms with Crippen LogP contribution < -0.4 is 10.2 Å². The van der Waals surface area contributed by atoms with Gasteiger partial charge in [-0.1, -0.05) is 0 Å². The topological polar surface area (TPSA) is 75.9 Å². The molecule has 0 spiro atoms. The molecule has 1 amide bonds. The normalized spacial score (nSPS) is 14.1. The van der Waals surface area contributed by atoms with Gasteiger partial charge in [0.15, 0.2) is 0 Å². The summed E-state index contributed by atoms with van der Waals surface area (Å²) < 4.78 is 1.55. The lowest BCUT2D eigenvalue weighted by atomic mass is 10.3. The van der Waals surface area contributed by atoms with Gasteiger partial charge in [0.1, 0.15) is 0 Å². The molecule has 0 unspecified atom stereocenters. The van der Waals surface area contributed by atoms with E-state index in [1.807, 2.05) is 17.8 Å². The number of hydrogen-bond donors (Lipinski definition) is 1. The summed E-state index contributed by atoms with van der Waals surface area (Å²) in [6.07, 6.45) is 9.36. The van der Waals surface area contributed by atoms with Crippen molar-refractivity contribution in [3.8, 4) is 5.95 Å². The van der Waals surface area contributed by atoms with E-state index in [0.29, 0.717) is 17.2 Å². The highest BCUT2D eigenvalue weighted by Gasteiger charge is 2.14. The van der Waals surface area contributed by atoms with E-state index in [1.54, 1.807) is 28.5 Å². The van der Waals surface area contributed by atoms with Gasteiger partial charge < -0.3 is 10.2 Å². The van der Waals surface area contributed by atoms with E-state index in [4.69, 9.17) is 0 Å². The number of hydrogen-bond acceptors (Lipinski definition) is 6. The van der Waals surface area contributed by atoms with Crippen LogP contribution in [-0.2, 0) is 0 Å². The monoisotopic (exact) mass is 340 g/mol. The Morgan fingerprint density at radius 1 is 1.17 bits per heavy atom. The minimum absolute atomic E-state index is 0.152. The Morgan fingerprint density at radius 2 is 1.96 bits per heavy atom. The molecule has 0 bridgehead atoms. The summed E-state index contributed by atoms with van der Waals surface area (Å²) in [6, 6.07) is 1.78. The van der Waals surface area contributed by atoms with Crippen LogP contribution in [0.5, 0.6) is 0 Å². The standard InChI is InChI=1S/C16H16N6OS/c23-15(12-3-6-24-11-12)20-13-7-19-22(10-13)16-17-8-14(9-18-16)21-4-1-2-5-21/h3,6-11H,1-2,4-5H2,(H,20,23). The molecule has 24 heavy (non-hydrogen) atoms. The zero-order chi connectivity index (χ0) is 16.4. The van der Waals surface area contributed by atoms with Crippen LogP contribution in [0.15, 0.2) is 41.6 Å². The largest absolute Gasteiger partial charge is 0.369 e. The first-order chi connectivity index (χ1) is 11.8. The average Bonchev–Trinajstić information content (AvgIpc) is 3.36. The number of aromatic nitrogens is 4. The fraction of sp³-hybridized carbons (Fsp3) is 0.250. The summed E-state index contributed by atoms with van der Waals surface area (Å²) in [5.41, 5.74) is 2.28. The summed E-state index contributed by atoms with van der Waals surface area (Å²) in [7, 11) is 0. The fourth-order valence-corrected chi connectivity index (χ4v) is 3.30. The molecule has 0 aromatic carbocycles. The van der Waals surface area contributed by atoms with Gasteiger partial charge in [-0.25, -0.2) is 14.6 Å². The third kappa shape index (κ3) is 3.00. The van der Waals surface area contributed by atoms with Crippen molar-refractivity contribution in [2.45, 2.75) is 12.8 Å². The number of carbonyl (C=O) groups is 1. The van der Waals surface area contributed by atoms with Crippen LogP contribution in [0.25, 0.3) is 5.95 Å². The lowest BCUT2D eigenvalue weighted by Gasteiger charge is -2.16. The van der Waals surface area contributed by atoms with Gasteiger partial charge >= 0.3 is 0 Å². The van der Waals surface area contributed by atoms with Crippen molar-refractivity contribution < 1.29 is 4.79 Å². The number of thiophene rings is 1. The third-order valence-electron chi connectivity index (χ3n) is 3.92. The second-order valence-electron chi connectivity index (χ2n) is 5.58. The molecule has 1 saturated heterocycles. The molecule has 4 rings (SSSR count). The van der Waals surface area contributed by atoms with Crippen LogP contribution in [0.1, 0.15) is 23.2 Å². The number of nitrogens with zero attached hydrogens (tertiary/aromatic N) is 5. The van der Waals surface area contributed by atoms with Crippen LogP contribution in [0, 0.1) is 0 Å². The molecule has 1 fully saturated rings. The van der Waals surface area contributed by atoms with Gasteiger partial charge in [-0.3, -0.25) is 4.79 Å². The maximum absolute atomic E-state index is 12.0. The maximum atomic E-state index is 12.0. The van der Waals surface area contributed by atoms with E-state index in [-0.39, 0.29) is 5.91 Å². The SMILES string of the molecule is O=C(Nc1cnn(-c2ncc(N3CCCC3)cn2)c1)c1ccsc1. The van der Waals surface area contributed by atoms with E-state index < -0.39 is 0 Å². The van der Waals surface area contributed by atoms with E-state index >= 15 is 0 Å². The summed E-state index contributed by atoms with van der Waals surface area (Å²) in [4.78, 5) is 23.1. The second-order valence-corrected chi connectivity index (χ2v) is 6.36. The predicted molar refractivity (Wildman–Crippen MR) is 92.9 cm³/mol. The van der Waals surface area contributed by atoms with Gasteiger partial charge in [-0.05, 0) is 24.3 Å². The molecule has 122 valence electrons. The van der Waals surface area contributed by atoms with Crippen molar-refractivity contribution in [1.29, 1.82) is 0 Å². The van der Waals surface area contributed by atoms with Crippen LogP contribution in [0.2, 0.25) is 0 Å². The van der Waals surface area contributed by atoms with Crippen molar-refractivity contribution in [1.82, 2.24) is 19.7 Å². The van der Waals surface area contributed by atoms with Crippen molar-refractivity contribution in [2.75, 3.05) is 23.3 Å². The molecule has 1 N–H and O–H groups in total. The highest BCUT2D eigenvalue weighted by molar-refractivity contribution is 7.08. The minimum Gasteiger partial charge on any atom is -0.369 e. The molecule has 7 nitrogen and oxygen atoms in total. The van der Waals surface area contributed by atoms with E-state index in [2.05, 4.69) is 25.3 Å². The lowest BCUT2D eigenvalue weighted by Crippen LogP contribution is -2.18. The lowest BCUT2D eigenvalue weighted by molar-refractivity contribution is 0.102. The van der Waals surface area contributed by atoms with Crippen LogP contribution in [0.4, 0.5) is 11.4 Å². The number of rotatable bonds is 4. The first-order valence-electron chi connectivity index (χ1n) is 7.75. The Labute approximate surface area is 143 Å². The Bertz CT molecular complexity index is 821. The summed E-state index contributed by atoms with van der Waals surface area (Å²) in [6.45, 7) is 2.12. The molecular formula is C16H16N6OS. The molecule has 0 aliphatic carbocycles. The maximum Gasteiger partial charge on any atom is 0.256 e. The van der Waals surface area contributed by atoms with Gasteiger partial charge in [-0.15, -0.1) is 0 Å². The Hall–Kier alpha value is -2.74. The molecule has 4 heterocycles. The van der Waals surface area contributed by atoms with Crippen molar-refractivity contribution in [3.05, 3.63) is 47.2 Å². The Kier molecular flexibility index (Phi) is 3.96. The predicted octanol–water partition coefficient (Wildman–Crippen LogP) is 2.58. The van der Waals surface area contributed by atoms with E-state index in [0.717, 1.165) is 18.8 Å². The Balaban J connectivity index is 1.47. The average molecular weight is 340 g/mol. The highest BCUT2D eigenvalue weighted by Crippen LogP contribution is 2.19. The summed E-state index contributed by atoms with van der Waals surface area (Å²) in [5.74, 6) is 0.329. The molecule has 8 heteroatoms. The number of anilines is 2. The Morgan fingerprint density at radius 3 is 2.67 bits per heavy atom. The van der Waals surface area contributed by atoms with E-state index in [9.17, 15) is 4.79 Å². The molecule has 3 aromatic heterocycles. The molecule has 0 saturated carbocycles. The number of amides is 1. The summed E-state index contributed by atoms with van der Waals surface area (Å²) >= 11 is 1.49. The third-order valence-corrected chi connectivity index (χ3v) is 4.61. The molecule has 0 atom stereocenters. The van der Waals surface area contributed by atoms with Crippen molar-refractivity contribution >= 4 is 28.6 Å². The van der Waals surface area contributed by atoms with Gasteiger partial charge in [0.2, 0.25) is 0 Å². The van der Waals surface area contributed by atoms with Gasteiger partial charge in [0.05, 0.1) is 41.7 Å². The van der Waals surface area contributed by atoms with Crippen LogP contribution in [-0.4, -0.2) is 38.7 Å². The molecule has 3 aromatic rings. The van der Waals surface area contributed by atoms with Gasteiger partial charge in [0.25, 0.3) is 11.9 Å². The van der Waals surface area contributed by atoms with Crippen molar-refractivity contribution in [2.24, 2.45) is 0 Å². The van der Waals surface area contributed by atoms with Crippen LogP contribution in [0.3, 0.4) is 0 Å². The first-order valence-corrected chi connectivity index (χ1v) is 8.69.